The van der Waals surface area contributed by atoms with Gasteiger partial charge in [0.1, 0.15) is 11.6 Å². The topological polar surface area (TPSA) is 86.9 Å². The highest BCUT2D eigenvalue weighted by Gasteiger charge is 2.04. The molecule has 15 heavy (non-hydrogen) atoms. The van der Waals surface area contributed by atoms with Gasteiger partial charge in [0.05, 0.1) is 5.69 Å². The van der Waals surface area contributed by atoms with E-state index in [2.05, 4.69) is 9.97 Å². The number of nitriles is 1. The zero-order valence-electron chi connectivity index (χ0n) is 7.92. The van der Waals surface area contributed by atoms with E-state index in [-0.39, 0.29) is 5.57 Å². The average molecular weight is 203 g/mol. The van der Waals surface area contributed by atoms with Gasteiger partial charge in [-0.05, 0) is 12.8 Å². The Morgan fingerprint density at radius 3 is 2.93 bits per heavy atom. The lowest BCUT2D eigenvalue weighted by Crippen LogP contribution is -1.98. The summed E-state index contributed by atoms with van der Waals surface area (Å²) >= 11 is 0. The maximum absolute atomic E-state index is 10.5. The summed E-state index contributed by atoms with van der Waals surface area (Å²) in [5, 5.41) is 17.0. The Morgan fingerprint density at radius 2 is 2.40 bits per heavy atom. The minimum atomic E-state index is -1.20. The van der Waals surface area contributed by atoms with Gasteiger partial charge in [-0.2, -0.15) is 5.26 Å². The van der Waals surface area contributed by atoms with Crippen molar-refractivity contribution in [2.75, 3.05) is 0 Å². The van der Waals surface area contributed by atoms with Gasteiger partial charge in [0.25, 0.3) is 0 Å². The van der Waals surface area contributed by atoms with Crippen molar-refractivity contribution in [1.29, 1.82) is 5.26 Å². The van der Waals surface area contributed by atoms with Crippen LogP contribution in [0.25, 0.3) is 0 Å². The number of aryl methyl sites for hydroxylation is 1. The third-order valence-corrected chi connectivity index (χ3v) is 1.72. The molecule has 0 atom stereocenters. The first kappa shape index (κ1) is 10.9. The second-order valence-electron chi connectivity index (χ2n) is 2.77. The summed E-state index contributed by atoms with van der Waals surface area (Å²) < 4.78 is 0. The van der Waals surface area contributed by atoms with E-state index in [1.807, 2.05) is 0 Å². The number of aliphatic carboxylic acids is 1. The molecule has 0 aliphatic rings. The van der Waals surface area contributed by atoms with Crippen molar-refractivity contribution in [2.45, 2.75) is 12.8 Å². The standard InChI is InChI=1S/C10H9N3O2/c11-6-8(10(14)15)2-1-3-9-7-12-4-5-13-9/h2,4-5,7H,1,3H2,(H,14,15)/b8-2+. The van der Waals surface area contributed by atoms with Gasteiger partial charge < -0.3 is 5.11 Å². The molecule has 1 aromatic heterocycles. The highest BCUT2D eigenvalue weighted by Crippen LogP contribution is 2.01. The van der Waals surface area contributed by atoms with E-state index in [1.54, 1.807) is 24.7 Å². The molecular formula is C10H9N3O2. The summed E-state index contributed by atoms with van der Waals surface area (Å²) in [4.78, 5) is 18.4. The lowest BCUT2D eigenvalue weighted by atomic mass is 10.2. The highest BCUT2D eigenvalue weighted by atomic mass is 16.4. The van der Waals surface area contributed by atoms with Crippen LogP contribution in [0, 0.1) is 11.3 Å². The molecule has 0 saturated heterocycles. The molecule has 1 heterocycles. The smallest absolute Gasteiger partial charge is 0.346 e. The highest BCUT2D eigenvalue weighted by molar-refractivity contribution is 5.90. The number of rotatable bonds is 4. The second-order valence-corrected chi connectivity index (χ2v) is 2.77. The molecule has 0 aliphatic heterocycles. The first-order valence-corrected chi connectivity index (χ1v) is 4.32. The number of carbonyl (C=O) groups is 1. The van der Waals surface area contributed by atoms with E-state index in [9.17, 15) is 4.79 Å². The predicted molar refractivity (Wildman–Crippen MR) is 51.7 cm³/mol. The Kier molecular flexibility index (Phi) is 3.98. The van der Waals surface area contributed by atoms with Crippen molar-refractivity contribution in [3.63, 3.8) is 0 Å². The molecule has 1 N–H and O–H groups in total. The lowest BCUT2D eigenvalue weighted by Gasteiger charge is -1.95. The summed E-state index contributed by atoms with van der Waals surface area (Å²) in [7, 11) is 0. The van der Waals surface area contributed by atoms with Crippen LogP contribution in [0.4, 0.5) is 0 Å². The van der Waals surface area contributed by atoms with Crippen LogP contribution >= 0.6 is 0 Å². The first-order chi connectivity index (χ1) is 7.24. The average Bonchev–Trinajstić information content (AvgIpc) is 2.25. The number of nitrogens with zero attached hydrogens (tertiary/aromatic N) is 3. The summed E-state index contributed by atoms with van der Waals surface area (Å²) in [6, 6.07) is 1.61. The normalized spacial score (nSPS) is 10.7. The first-order valence-electron chi connectivity index (χ1n) is 4.32. The van der Waals surface area contributed by atoms with Crippen LogP contribution in [-0.2, 0) is 11.2 Å². The van der Waals surface area contributed by atoms with Crippen LogP contribution in [0.15, 0.2) is 30.2 Å². The van der Waals surface area contributed by atoms with Crippen molar-refractivity contribution in [3.8, 4) is 6.07 Å². The Labute approximate surface area is 86.7 Å². The molecule has 0 saturated carbocycles. The minimum absolute atomic E-state index is 0.237. The Bertz CT molecular complexity index is 406. The third-order valence-electron chi connectivity index (χ3n) is 1.72. The molecule has 0 unspecified atom stereocenters. The molecule has 76 valence electrons. The molecule has 5 heteroatoms. The zero-order valence-corrected chi connectivity index (χ0v) is 7.92. The van der Waals surface area contributed by atoms with Gasteiger partial charge in [0, 0.05) is 18.6 Å². The molecule has 0 radical (unpaired) electrons. The number of allylic oxidation sites excluding steroid dienone is 1. The van der Waals surface area contributed by atoms with Crippen LogP contribution in [0.5, 0.6) is 0 Å². The fourth-order valence-corrected chi connectivity index (χ4v) is 1.00. The molecule has 0 amide bonds. The summed E-state index contributed by atoms with van der Waals surface area (Å²) in [5.41, 5.74) is 0.537. The number of hydrogen-bond acceptors (Lipinski definition) is 4. The predicted octanol–water partition coefficient (Wildman–Crippen LogP) is 0.944. The van der Waals surface area contributed by atoms with E-state index in [1.165, 1.54) is 6.08 Å². The molecule has 0 aliphatic carbocycles. The van der Waals surface area contributed by atoms with Crippen molar-refractivity contribution in [1.82, 2.24) is 9.97 Å². The van der Waals surface area contributed by atoms with Gasteiger partial charge >= 0.3 is 5.97 Å². The fraction of sp³-hybridized carbons (Fsp3) is 0.200. The van der Waals surface area contributed by atoms with Gasteiger partial charge in [-0.1, -0.05) is 6.08 Å². The molecule has 0 fully saturated rings. The van der Waals surface area contributed by atoms with E-state index in [0.717, 1.165) is 5.69 Å². The molecule has 0 aromatic carbocycles. The molecular weight excluding hydrogens is 194 g/mol. The Hall–Kier alpha value is -2.22. The number of carboxylic acid groups (broad SMARTS) is 1. The van der Waals surface area contributed by atoms with E-state index in [0.29, 0.717) is 12.8 Å². The zero-order chi connectivity index (χ0) is 11.1. The SMILES string of the molecule is N#C/C(=C\CCc1cnccn1)C(=O)O. The molecule has 1 aromatic rings. The quantitative estimate of drug-likeness (QED) is 0.581. The number of aromatic nitrogens is 2. The van der Waals surface area contributed by atoms with Crippen molar-refractivity contribution >= 4 is 5.97 Å². The molecule has 0 bridgehead atoms. The summed E-state index contributed by atoms with van der Waals surface area (Å²) in [6.07, 6.45) is 7.18. The van der Waals surface area contributed by atoms with Gasteiger partial charge in [-0.25, -0.2) is 4.79 Å². The van der Waals surface area contributed by atoms with Crippen molar-refractivity contribution in [3.05, 3.63) is 35.9 Å². The van der Waals surface area contributed by atoms with E-state index < -0.39 is 5.97 Å². The van der Waals surface area contributed by atoms with Gasteiger partial charge in [0.15, 0.2) is 0 Å². The van der Waals surface area contributed by atoms with Crippen molar-refractivity contribution in [2.24, 2.45) is 0 Å². The molecule has 0 spiro atoms. The monoisotopic (exact) mass is 203 g/mol. The molecule has 1 rings (SSSR count). The molecule has 5 nitrogen and oxygen atoms in total. The van der Waals surface area contributed by atoms with Gasteiger partial charge in [0.2, 0.25) is 0 Å². The Morgan fingerprint density at radius 1 is 1.60 bits per heavy atom. The van der Waals surface area contributed by atoms with Gasteiger partial charge in [-0.15, -0.1) is 0 Å². The van der Waals surface area contributed by atoms with E-state index in [4.69, 9.17) is 10.4 Å². The van der Waals surface area contributed by atoms with E-state index >= 15 is 0 Å². The maximum Gasteiger partial charge on any atom is 0.346 e. The van der Waals surface area contributed by atoms with Crippen molar-refractivity contribution < 1.29 is 9.90 Å². The number of hydrogen-bond donors (Lipinski definition) is 1. The van der Waals surface area contributed by atoms with Gasteiger partial charge in [-0.3, -0.25) is 9.97 Å². The summed E-state index contributed by atoms with van der Waals surface area (Å²) in [5.74, 6) is -1.20. The lowest BCUT2D eigenvalue weighted by molar-refractivity contribution is -0.132. The van der Waals surface area contributed by atoms with Crippen LogP contribution in [0.1, 0.15) is 12.1 Å². The number of carboxylic acids is 1. The Balaban J connectivity index is 2.52. The van der Waals surface area contributed by atoms with Crippen LogP contribution in [-0.4, -0.2) is 21.0 Å². The second kappa shape index (κ2) is 5.50. The third kappa shape index (κ3) is 3.56. The van der Waals surface area contributed by atoms with Crippen LogP contribution in [0.2, 0.25) is 0 Å². The maximum atomic E-state index is 10.5. The van der Waals surface area contributed by atoms with Crippen LogP contribution < -0.4 is 0 Å². The largest absolute Gasteiger partial charge is 0.477 e. The van der Waals surface area contributed by atoms with Crippen LogP contribution in [0.3, 0.4) is 0 Å². The fourth-order valence-electron chi connectivity index (χ4n) is 1.00. The minimum Gasteiger partial charge on any atom is -0.477 e. The summed E-state index contributed by atoms with van der Waals surface area (Å²) in [6.45, 7) is 0.